The Hall–Kier alpha value is -2.81. The van der Waals surface area contributed by atoms with Gasteiger partial charge < -0.3 is 19.9 Å². The lowest BCUT2D eigenvalue weighted by Crippen LogP contribution is -2.26. The molecule has 0 aliphatic heterocycles. The molecule has 0 aliphatic carbocycles. The number of rotatable bonds is 6. The molecule has 0 fully saturated rings. The molecular weight excluding hydrogens is 338 g/mol. The molecular formula is C15H15NO7S. The first-order valence-electron chi connectivity index (χ1n) is 6.70. The predicted molar refractivity (Wildman–Crippen MR) is 85.5 cm³/mol. The molecule has 0 saturated carbocycles. The van der Waals surface area contributed by atoms with E-state index >= 15 is 0 Å². The third-order valence-corrected chi connectivity index (χ3v) is 3.02. The summed E-state index contributed by atoms with van der Waals surface area (Å²) >= 11 is 0.464. The highest BCUT2D eigenvalue weighted by atomic mass is 32.2. The van der Waals surface area contributed by atoms with Crippen molar-refractivity contribution in [2.45, 2.75) is 13.8 Å². The first kappa shape index (κ1) is 19.2. The standard InChI is InChI=1S/C15H15NO7S/c1-3-22-14(20)11(16-9(2)17)8-24-15(21)23-12-7-5-4-6-10(12)13(18)19/h4-8H,3H2,1-2H3,(H,16,17)(H,18,19). The van der Waals surface area contributed by atoms with Crippen molar-refractivity contribution in [2.75, 3.05) is 6.61 Å². The van der Waals surface area contributed by atoms with Gasteiger partial charge in [-0.25, -0.2) is 14.4 Å². The molecule has 8 nitrogen and oxygen atoms in total. The molecule has 1 rings (SSSR count). The van der Waals surface area contributed by atoms with Gasteiger partial charge in [0.15, 0.2) is 0 Å². The Morgan fingerprint density at radius 1 is 1.25 bits per heavy atom. The SMILES string of the molecule is CCOC(=O)C(=CSC(=O)Oc1ccccc1C(=O)O)NC(C)=O. The molecule has 1 aromatic carbocycles. The molecule has 0 bridgehead atoms. The maximum atomic E-state index is 11.8. The van der Waals surface area contributed by atoms with Gasteiger partial charge in [0.1, 0.15) is 17.0 Å². The molecule has 9 heteroatoms. The minimum Gasteiger partial charge on any atom is -0.478 e. The molecule has 0 radical (unpaired) electrons. The van der Waals surface area contributed by atoms with Crippen LogP contribution in [-0.4, -0.2) is 34.9 Å². The number of thioether (sulfide) groups is 1. The average molecular weight is 353 g/mol. The van der Waals surface area contributed by atoms with Gasteiger partial charge in [-0.1, -0.05) is 12.1 Å². The zero-order valence-electron chi connectivity index (χ0n) is 12.9. The molecule has 0 aliphatic rings. The molecule has 0 atom stereocenters. The fourth-order valence-corrected chi connectivity index (χ4v) is 1.99. The van der Waals surface area contributed by atoms with Crippen molar-refractivity contribution in [3.63, 3.8) is 0 Å². The molecule has 0 unspecified atom stereocenters. The first-order valence-corrected chi connectivity index (χ1v) is 7.58. The van der Waals surface area contributed by atoms with Gasteiger partial charge in [-0.2, -0.15) is 0 Å². The summed E-state index contributed by atoms with van der Waals surface area (Å²) < 4.78 is 9.68. The smallest absolute Gasteiger partial charge is 0.377 e. The number of aromatic carboxylic acids is 1. The van der Waals surface area contributed by atoms with Crippen molar-refractivity contribution < 1.29 is 33.8 Å². The van der Waals surface area contributed by atoms with Gasteiger partial charge in [0, 0.05) is 12.3 Å². The third-order valence-electron chi connectivity index (χ3n) is 2.39. The number of para-hydroxylation sites is 1. The Morgan fingerprint density at radius 3 is 2.50 bits per heavy atom. The Kier molecular flexibility index (Phi) is 7.50. The van der Waals surface area contributed by atoms with Gasteiger partial charge in [-0.15, -0.1) is 0 Å². The molecule has 128 valence electrons. The highest BCUT2D eigenvalue weighted by Gasteiger charge is 2.16. The number of carboxylic acid groups (broad SMARTS) is 1. The van der Waals surface area contributed by atoms with Crippen LogP contribution in [0.5, 0.6) is 5.75 Å². The summed E-state index contributed by atoms with van der Waals surface area (Å²) in [5.41, 5.74) is -0.402. The molecule has 0 heterocycles. The van der Waals surface area contributed by atoms with E-state index in [4.69, 9.17) is 14.6 Å². The summed E-state index contributed by atoms with van der Waals surface area (Å²) in [5.74, 6) is -2.70. The molecule has 1 aromatic rings. The second-order valence-electron chi connectivity index (χ2n) is 4.20. The number of carboxylic acids is 1. The van der Waals surface area contributed by atoms with Crippen molar-refractivity contribution in [3.8, 4) is 5.75 Å². The van der Waals surface area contributed by atoms with Crippen LogP contribution in [0, 0.1) is 0 Å². The number of hydrogen-bond donors (Lipinski definition) is 2. The van der Waals surface area contributed by atoms with E-state index in [-0.39, 0.29) is 23.6 Å². The van der Waals surface area contributed by atoms with Crippen LogP contribution in [0.25, 0.3) is 0 Å². The van der Waals surface area contributed by atoms with Crippen LogP contribution in [0.15, 0.2) is 35.4 Å². The number of carbonyl (C=O) groups is 4. The van der Waals surface area contributed by atoms with Crippen molar-refractivity contribution in [3.05, 3.63) is 40.9 Å². The van der Waals surface area contributed by atoms with E-state index in [1.807, 2.05) is 0 Å². The normalized spacial score (nSPS) is 10.7. The van der Waals surface area contributed by atoms with Gasteiger partial charge in [-0.05, 0) is 30.8 Å². The topological polar surface area (TPSA) is 119 Å². The van der Waals surface area contributed by atoms with E-state index in [1.165, 1.54) is 31.2 Å². The second kappa shape index (κ2) is 9.36. The quantitative estimate of drug-likeness (QED) is 0.590. The number of ether oxygens (including phenoxy) is 2. The Balaban J connectivity index is 2.83. The van der Waals surface area contributed by atoms with Crippen LogP contribution < -0.4 is 10.1 Å². The van der Waals surface area contributed by atoms with Gasteiger partial charge in [0.2, 0.25) is 5.91 Å². The molecule has 2 N–H and O–H groups in total. The van der Waals surface area contributed by atoms with Crippen molar-refractivity contribution >= 4 is 34.9 Å². The van der Waals surface area contributed by atoms with Gasteiger partial charge in [0.25, 0.3) is 0 Å². The highest BCUT2D eigenvalue weighted by Crippen LogP contribution is 2.21. The maximum absolute atomic E-state index is 11.8. The van der Waals surface area contributed by atoms with E-state index in [1.54, 1.807) is 6.92 Å². The first-order chi connectivity index (χ1) is 11.3. The number of hydrogen-bond acceptors (Lipinski definition) is 7. The number of nitrogens with one attached hydrogen (secondary N) is 1. The molecule has 0 saturated heterocycles. The van der Waals surface area contributed by atoms with Gasteiger partial charge >= 0.3 is 17.2 Å². The lowest BCUT2D eigenvalue weighted by Gasteiger charge is -2.08. The largest absolute Gasteiger partial charge is 0.478 e. The van der Waals surface area contributed by atoms with Gasteiger partial charge in [0.05, 0.1) is 6.61 Å². The monoisotopic (exact) mass is 353 g/mol. The van der Waals surface area contributed by atoms with E-state index < -0.39 is 23.1 Å². The minimum atomic E-state index is -1.25. The number of amides is 1. The summed E-state index contributed by atoms with van der Waals surface area (Å²) in [4.78, 5) is 45.5. The van der Waals surface area contributed by atoms with E-state index in [0.717, 1.165) is 5.41 Å². The second-order valence-corrected chi connectivity index (χ2v) is 5.01. The third kappa shape index (κ3) is 6.13. The fraction of sp³-hybridized carbons (Fsp3) is 0.200. The van der Waals surface area contributed by atoms with Crippen molar-refractivity contribution in [1.82, 2.24) is 5.32 Å². The fourth-order valence-electron chi connectivity index (χ4n) is 1.48. The van der Waals surface area contributed by atoms with Crippen LogP contribution in [0.4, 0.5) is 4.79 Å². The lowest BCUT2D eigenvalue weighted by atomic mass is 10.2. The molecule has 0 aromatic heterocycles. The number of carbonyl (C=O) groups excluding carboxylic acids is 3. The van der Waals surface area contributed by atoms with Crippen LogP contribution >= 0.6 is 11.8 Å². The molecule has 0 spiro atoms. The van der Waals surface area contributed by atoms with Crippen molar-refractivity contribution in [1.29, 1.82) is 0 Å². The van der Waals surface area contributed by atoms with Crippen LogP contribution in [0.3, 0.4) is 0 Å². The van der Waals surface area contributed by atoms with Crippen LogP contribution in [-0.2, 0) is 14.3 Å². The highest BCUT2D eigenvalue weighted by molar-refractivity contribution is 8.15. The summed E-state index contributed by atoms with van der Waals surface area (Å²) in [6, 6.07) is 5.61. The van der Waals surface area contributed by atoms with E-state index in [9.17, 15) is 19.2 Å². The summed E-state index contributed by atoms with van der Waals surface area (Å²) in [7, 11) is 0. The van der Waals surface area contributed by atoms with E-state index in [0.29, 0.717) is 11.8 Å². The zero-order chi connectivity index (χ0) is 18.1. The van der Waals surface area contributed by atoms with Gasteiger partial charge in [-0.3, -0.25) is 4.79 Å². The summed E-state index contributed by atoms with van der Waals surface area (Å²) in [5, 5.41) is 11.4. The Labute approximate surface area is 141 Å². The molecule has 1 amide bonds. The number of esters is 1. The maximum Gasteiger partial charge on any atom is 0.377 e. The average Bonchev–Trinajstić information content (AvgIpc) is 2.51. The Morgan fingerprint density at radius 2 is 1.92 bits per heavy atom. The minimum absolute atomic E-state index is 0.0941. The Bertz CT molecular complexity index is 684. The van der Waals surface area contributed by atoms with E-state index in [2.05, 4.69) is 5.32 Å². The summed E-state index contributed by atoms with van der Waals surface area (Å²) in [6.07, 6.45) is 0. The predicted octanol–water partition coefficient (Wildman–Crippen LogP) is 2.16. The summed E-state index contributed by atoms with van der Waals surface area (Å²) in [6.45, 7) is 2.88. The zero-order valence-corrected chi connectivity index (χ0v) is 13.7. The van der Waals surface area contributed by atoms with Crippen LogP contribution in [0.2, 0.25) is 0 Å². The lowest BCUT2D eigenvalue weighted by molar-refractivity contribution is -0.139. The van der Waals surface area contributed by atoms with Crippen LogP contribution in [0.1, 0.15) is 24.2 Å². The number of benzene rings is 1. The molecule has 24 heavy (non-hydrogen) atoms. The van der Waals surface area contributed by atoms with Crippen molar-refractivity contribution in [2.24, 2.45) is 0 Å².